The summed E-state index contributed by atoms with van der Waals surface area (Å²) in [6, 6.07) is 15.7. The summed E-state index contributed by atoms with van der Waals surface area (Å²) in [7, 11) is 3.15. The Morgan fingerprint density at radius 3 is 2.48 bits per heavy atom. The number of ether oxygens (including phenoxy) is 3. The molecule has 0 saturated heterocycles. The first-order valence-corrected chi connectivity index (χ1v) is 16.0. The fourth-order valence-corrected chi connectivity index (χ4v) is 5.00. The van der Waals surface area contributed by atoms with Crippen molar-refractivity contribution in [1.29, 1.82) is 0 Å². The van der Waals surface area contributed by atoms with E-state index < -0.39 is 17.6 Å². The third-order valence-electron chi connectivity index (χ3n) is 7.39. The van der Waals surface area contributed by atoms with Gasteiger partial charge in [0, 0.05) is 19.2 Å². The van der Waals surface area contributed by atoms with Crippen molar-refractivity contribution in [2.75, 3.05) is 37.6 Å². The number of hydrogen-bond acceptors (Lipinski definition) is 8. The molecule has 256 valence electrons. The zero-order valence-corrected chi connectivity index (χ0v) is 28.4. The number of aromatic nitrogens is 2. The number of aromatic amines is 1. The first kappa shape index (κ1) is 35.7. The fourth-order valence-electron chi connectivity index (χ4n) is 5.00. The highest BCUT2D eigenvalue weighted by atomic mass is 16.6. The minimum atomic E-state index is -0.632. The van der Waals surface area contributed by atoms with E-state index in [2.05, 4.69) is 20.6 Å². The molecule has 0 radical (unpaired) electrons. The lowest BCUT2D eigenvalue weighted by molar-refractivity contribution is 0.0522. The number of imidazole rings is 1. The number of amides is 3. The topological polar surface area (TPSA) is 155 Å². The number of alkyl carbamates (subject to hydrolysis) is 1. The van der Waals surface area contributed by atoms with Crippen molar-refractivity contribution in [3.05, 3.63) is 77.1 Å². The number of fused-ring (bicyclic) bond motifs is 1. The van der Waals surface area contributed by atoms with Gasteiger partial charge in [-0.05, 0) is 95.0 Å². The van der Waals surface area contributed by atoms with Crippen LogP contribution >= 0.6 is 0 Å². The molecule has 48 heavy (non-hydrogen) atoms. The fraction of sp³-hybridized carbons (Fsp3) is 0.389. The number of benzene rings is 3. The van der Waals surface area contributed by atoms with E-state index >= 15 is 0 Å². The Balaban J connectivity index is 1.47. The highest BCUT2D eigenvalue weighted by Gasteiger charge is 2.21. The van der Waals surface area contributed by atoms with Gasteiger partial charge in [0.2, 0.25) is 0 Å². The summed E-state index contributed by atoms with van der Waals surface area (Å²) in [5.41, 5.74) is 3.12. The van der Waals surface area contributed by atoms with Crippen LogP contribution in [0.3, 0.4) is 0 Å². The number of unbranched alkanes of at least 4 members (excludes halogenated alkanes) is 3. The Morgan fingerprint density at radius 1 is 0.979 bits per heavy atom. The number of anilines is 2. The van der Waals surface area contributed by atoms with Crippen molar-refractivity contribution in [2.45, 2.75) is 65.5 Å². The molecule has 0 atom stereocenters. The number of carbonyl (C=O) groups is 3. The van der Waals surface area contributed by atoms with Crippen LogP contribution in [-0.4, -0.2) is 66.0 Å². The summed E-state index contributed by atoms with van der Waals surface area (Å²) in [5, 5.41) is 14.5. The number of nitrogens with zero attached hydrogens (tertiary/aromatic N) is 2. The van der Waals surface area contributed by atoms with Crippen LogP contribution in [0.15, 0.2) is 54.6 Å². The van der Waals surface area contributed by atoms with Gasteiger partial charge in [0.25, 0.3) is 11.8 Å². The number of nitrogens with one attached hydrogen (secondary N) is 3. The Hall–Kier alpha value is -5.10. The van der Waals surface area contributed by atoms with Gasteiger partial charge < -0.3 is 39.8 Å². The minimum absolute atomic E-state index is 0.0873. The maximum atomic E-state index is 13.6. The maximum Gasteiger partial charge on any atom is 0.408 e. The largest absolute Gasteiger partial charge is 0.495 e. The van der Waals surface area contributed by atoms with Crippen molar-refractivity contribution >= 4 is 40.3 Å². The van der Waals surface area contributed by atoms with Crippen LogP contribution in [0.4, 0.5) is 16.2 Å². The molecule has 0 spiro atoms. The summed E-state index contributed by atoms with van der Waals surface area (Å²) >= 11 is 0. The maximum absolute atomic E-state index is 13.6. The van der Waals surface area contributed by atoms with Crippen LogP contribution in [-0.2, 0) is 11.3 Å². The lowest BCUT2D eigenvalue weighted by atomic mass is 10.1. The number of aryl methyl sites for hydroxylation is 1. The van der Waals surface area contributed by atoms with Crippen LogP contribution in [0, 0.1) is 6.92 Å². The highest BCUT2D eigenvalue weighted by Crippen LogP contribution is 2.32. The first-order chi connectivity index (χ1) is 22.9. The number of H-pyrrole nitrogens is 1. The number of methoxy groups -OCH3 is 1. The molecule has 12 heteroatoms. The Morgan fingerprint density at radius 2 is 1.75 bits per heavy atom. The molecule has 1 aromatic heterocycles. The van der Waals surface area contributed by atoms with Gasteiger partial charge in [-0.25, -0.2) is 9.78 Å². The summed E-state index contributed by atoms with van der Waals surface area (Å²) in [5.74, 6) is 0.672. The van der Waals surface area contributed by atoms with Crippen LogP contribution in [0.2, 0.25) is 0 Å². The lowest BCUT2D eigenvalue weighted by Crippen LogP contribution is -2.32. The van der Waals surface area contributed by atoms with Gasteiger partial charge in [0.1, 0.15) is 28.4 Å². The molecular formula is C36H45N5O7. The molecule has 0 aliphatic heterocycles. The van der Waals surface area contributed by atoms with Crippen LogP contribution in [0.25, 0.3) is 11.0 Å². The number of aliphatic hydroxyl groups is 1. The number of hydrogen-bond donors (Lipinski definition) is 4. The van der Waals surface area contributed by atoms with E-state index in [0.29, 0.717) is 57.5 Å². The molecule has 0 saturated carbocycles. The molecule has 3 amide bonds. The molecule has 0 aliphatic carbocycles. The average Bonchev–Trinajstić information content (AvgIpc) is 3.47. The van der Waals surface area contributed by atoms with E-state index in [9.17, 15) is 14.4 Å². The molecule has 1 heterocycles. The van der Waals surface area contributed by atoms with E-state index in [1.165, 1.54) is 12.0 Å². The lowest BCUT2D eigenvalue weighted by Gasteiger charge is -2.22. The summed E-state index contributed by atoms with van der Waals surface area (Å²) in [6.07, 6.45) is 2.93. The molecule has 12 nitrogen and oxygen atoms in total. The predicted octanol–water partition coefficient (Wildman–Crippen LogP) is 6.37. The van der Waals surface area contributed by atoms with Crippen molar-refractivity contribution in [1.82, 2.24) is 15.3 Å². The van der Waals surface area contributed by atoms with Crippen LogP contribution in [0.1, 0.15) is 78.6 Å². The van der Waals surface area contributed by atoms with E-state index in [4.69, 9.17) is 19.3 Å². The molecule has 4 N–H and O–H groups in total. The van der Waals surface area contributed by atoms with Crippen molar-refractivity contribution < 1.29 is 33.7 Å². The highest BCUT2D eigenvalue weighted by molar-refractivity contribution is 6.12. The van der Waals surface area contributed by atoms with Crippen LogP contribution < -0.4 is 25.0 Å². The molecule has 4 aromatic rings. The van der Waals surface area contributed by atoms with Crippen molar-refractivity contribution in [2.24, 2.45) is 0 Å². The minimum Gasteiger partial charge on any atom is -0.495 e. The smallest absolute Gasteiger partial charge is 0.408 e. The van der Waals surface area contributed by atoms with Gasteiger partial charge >= 0.3 is 6.09 Å². The zero-order valence-electron chi connectivity index (χ0n) is 28.4. The van der Waals surface area contributed by atoms with E-state index in [-0.39, 0.29) is 19.1 Å². The zero-order chi connectivity index (χ0) is 34.8. The molecule has 3 aromatic carbocycles. The summed E-state index contributed by atoms with van der Waals surface area (Å²) in [4.78, 5) is 48.3. The predicted molar refractivity (Wildman–Crippen MR) is 185 cm³/mol. The summed E-state index contributed by atoms with van der Waals surface area (Å²) < 4.78 is 16.9. The third-order valence-corrected chi connectivity index (χ3v) is 7.39. The van der Waals surface area contributed by atoms with Crippen molar-refractivity contribution in [3.63, 3.8) is 0 Å². The third kappa shape index (κ3) is 9.47. The van der Waals surface area contributed by atoms with Gasteiger partial charge in [-0.15, -0.1) is 0 Å². The second-order valence-electron chi connectivity index (χ2n) is 12.4. The standard InChI is InChI=1S/C36H45N5O7/c1-23-14-17-28(30(20-23)47-19-10-8-7-9-18-42)41(5)34(44)24-15-16-26(29(21-24)46-6)39-33(43)25-12-11-13-27-32(25)40-31(38-27)22-37-35(45)48-36(2,3)4/h11-17,20-21,42H,7-10,18-19,22H2,1-6H3,(H,37,45)(H,38,40)(H,39,43). The second kappa shape index (κ2) is 16.1. The number of rotatable bonds is 14. The Bertz CT molecular complexity index is 1740. The quantitative estimate of drug-likeness (QED) is 0.114. The van der Waals surface area contributed by atoms with Gasteiger partial charge in [0.05, 0.1) is 42.7 Å². The number of carbonyl (C=O) groups excluding carboxylic acids is 3. The molecule has 0 bridgehead atoms. The van der Waals surface area contributed by atoms with Gasteiger partial charge in [0.15, 0.2) is 0 Å². The average molecular weight is 660 g/mol. The van der Waals surface area contributed by atoms with Gasteiger partial charge in [-0.1, -0.05) is 18.6 Å². The SMILES string of the molecule is COc1cc(C(=O)N(C)c2ccc(C)cc2OCCCCCCO)ccc1NC(=O)c1cccc2[nH]c(CNC(=O)OC(C)(C)C)nc12. The normalized spacial score (nSPS) is 11.2. The number of aliphatic hydroxyl groups excluding tert-OH is 1. The second-order valence-corrected chi connectivity index (χ2v) is 12.4. The molecular weight excluding hydrogens is 614 g/mol. The van der Waals surface area contributed by atoms with Gasteiger partial charge in [-0.3, -0.25) is 9.59 Å². The molecule has 0 fully saturated rings. The molecule has 0 aliphatic rings. The Kier molecular flexibility index (Phi) is 12.0. The van der Waals surface area contributed by atoms with Gasteiger partial charge in [-0.2, -0.15) is 0 Å². The van der Waals surface area contributed by atoms with E-state index in [1.807, 2.05) is 25.1 Å². The first-order valence-electron chi connectivity index (χ1n) is 16.0. The van der Waals surface area contributed by atoms with Crippen molar-refractivity contribution in [3.8, 4) is 11.5 Å². The number of para-hydroxylation sites is 1. The summed E-state index contributed by atoms with van der Waals surface area (Å²) in [6.45, 7) is 8.08. The Labute approximate surface area is 280 Å². The monoisotopic (exact) mass is 659 g/mol. The molecule has 0 unspecified atom stereocenters. The van der Waals surface area contributed by atoms with Crippen LogP contribution in [0.5, 0.6) is 11.5 Å². The molecule has 4 rings (SSSR count). The van der Waals surface area contributed by atoms with E-state index in [1.54, 1.807) is 64.2 Å². The van der Waals surface area contributed by atoms with E-state index in [0.717, 1.165) is 31.2 Å².